The van der Waals surface area contributed by atoms with Crippen molar-refractivity contribution in [2.75, 3.05) is 0 Å². The predicted molar refractivity (Wildman–Crippen MR) is 158 cm³/mol. The van der Waals surface area contributed by atoms with Gasteiger partial charge in [0.05, 0.1) is 11.1 Å². The van der Waals surface area contributed by atoms with Gasteiger partial charge >= 0.3 is 5.97 Å². The molecule has 4 heteroatoms. The third-order valence-electron chi connectivity index (χ3n) is 8.40. The third-order valence-corrected chi connectivity index (χ3v) is 8.40. The highest BCUT2D eigenvalue weighted by molar-refractivity contribution is 5.91. The maximum atomic E-state index is 13.0. The number of nitriles is 2. The quantitative estimate of drug-likeness (QED) is 0.107. The average molecular weight is 525 g/mol. The van der Waals surface area contributed by atoms with E-state index in [1.54, 1.807) is 12.1 Å². The van der Waals surface area contributed by atoms with Crippen LogP contribution in [-0.4, -0.2) is 5.97 Å². The van der Waals surface area contributed by atoms with Crippen LogP contribution in [0.5, 0.6) is 5.75 Å². The fraction of sp³-hybridized carbons (Fsp3) is 0.514. The van der Waals surface area contributed by atoms with Crippen LogP contribution in [0, 0.1) is 34.5 Å². The van der Waals surface area contributed by atoms with Gasteiger partial charge in [-0.15, -0.1) is 6.58 Å². The van der Waals surface area contributed by atoms with Gasteiger partial charge in [-0.2, -0.15) is 10.5 Å². The lowest BCUT2D eigenvalue weighted by molar-refractivity contribution is 0.0734. The van der Waals surface area contributed by atoms with E-state index in [1.807, 2.05) is 30.3 Å². The second kappa shape index (κ2) is 15.9. The fourth-order valence-corrected chi connectivity index (χ4v) is 6.09. The van der Waals surface area contributed by atoms with Crippen LogP contribution in [0.3, 0.4) is 0 Å². The standard InChI is InChI=1S/C35H44N2O2/c1-4-7-9-12-26-14-16-28(17-15-26)31(11-6-3)29-18-20-30(21-19-29)35(38)39-34-23-22-27(13-10-8-5-2)32(24-36)33(34)25-37/h6,18-23,26,28,31H,3-5,7-17H2,1-2H3/t26-,28-,31?. The molecule has 0 N–H and O–H groups in total. The summed E-state index contributed by atoms with van der Waals surface area (Å²) >= 11 is 0. The van der Waals surface area contributed by atoms with Crippen molar-refractivity contribution in [3.63, 3.8) is 0 Å². The predicted octanol–water partition coefficient (Wildman–Crippen LogP) is 9.43. The van der Waals surface area contributed by atoms with E-state index in [0.29, 0.717) is 23.0 Å². The molecule has 0 heterocycles. The zero-order valence-electron chi connectivity index (χ0n) is 23.9. The molecule has 2 aromatic carbocycles. The molecule has 0 bridgehead atoms. The number of carbonyl (C=O) groups excluding carboxylic acids is 1. The molecule has 1 saturated carbocycles. The number of allylic oxidation sites excluding steroid dienone is 1. The molecule has 4 nitrogen and oxygen atoms in total. The summed E-state index contributed by atoms with van der Waals surface area (Å²) in [6.45, 7) is 8.40. The third kappa shape index (κ3) is 8.31. The highest BCUT2D eigenvalue weighted by Crippen LogP contribution is 2.41. The topological polar surface area (TPSA) is 73.9 Å². The second-order valence-corrected chi connectivity index (χ2v) is 11.1. The van der Waals surface area contributed by atoms with Gasteiger partial charge in [-0.25, -0.2) is 4.79 Å². The van der Waals surface area contributed by atoms with Crippen LogP contribution in [0.1, 0.15) is 129 Å². The Morgan fingerprint density at radius 1 is 0.949 bits per heavy atom. The van der Waals surface area contributed by atoms with Gasteiger partial charge in [0.15, 0.2) is 0 Å². The van der Waals surface area contributed by atoms with E-state index < -0.39 is 5.97 Å². The lowest BCUT2D eigenvalue weighted by Crippen LogP contribution is -2.21. The molecular weight excluding hydrogens is 480 g/mol. The number of benzene rings is 2. The lowest BCUT2D eigenvalue weighted by Gasteiger charge is -2.34. The van der Waals surface area contributed by atoms with Crippen LogP contribution in [-0.2, 0) is 6.42 Å². The van der Waals surface area contributed by atoms with Crippen LogP contribution in [0.4, 0.5) is 0 Å². The molecule has 0 amide bonds. The molecule has 0 aromatic heterocycles. The SMILES string of the molecule is C=CCC(c1ccc(C(=O)Oc2ccc(CCCCC)c(C#N)c2C#N)cc1)[C@H]1CC[C@H](CCCCC)CC1. The van der Waals surface area contributed by atoms with Gasteiger partial charge in [0.2, 0.25) is 0 Å². The number of unbranched alkanes of at least 4 members (excludes halogenated alkanes) is 4. The average Bonchev–Trinajstić information content (AvgIpc) is 2.97. The Morgan fingerprint density at radius 2 is 1.62 bits per heavy atom. The maximum Gasteiger partial charge on any atom is 0.343 e. The first-order valence-corrected chi connectivity index (χ1v) is 14.9. The molecule has 3 rings (SSSR count). The number of carbonyl (C=O) groups is 1. The van der Waals surface area contributed by atoms with Crippen molar-refractivity contribution in [1.82, 2.24) is 0 Å². The first-order valence-electron chi connectivity index (χ1n) is 14.9. The Hall–Kier alpha value is -3.37. The highest BCUT2D eigenvalue weighted by Gasteiger charge is 2.28. The van der Waals surface area contributed by atoms with Crippen molar-refractivity contribution < 1.29 is 9.53 Å². The van der Waals surface area contributed by atoms with Crippen LogP contribution in [0.2, 0.25) is 0 Å². The minimum absolute atomic E-state index is 0.132. The number of hydrogen-bond donors (Lipinski definition) is 0. The van der Waals surface area contributed by atoms with E-state index in [4.69, 9.17) is 4.74 Å². The van der Waals surface area contributed by atoms with E-state index in [9.17, 15) is 15.3 Å². The Balaban J connectivity index is 1.68. The molecule has 39 heavy (non-hydrogen) atoms. The van der Waals surface area contributed by atoms with Gasteiger partial charge in [-0.05, 0) is 79.2 Å². The summed E-state index contributed by atoms with van der Waals surface area (Å²) in [5, 5.41) is 19.5. The molecule has 0 radical (unpaired) electrons. The normalized spacial score (nSPS) is 17.5. The van der Waals surface area contributed by atoms with E-state index in [-0.39, 0.29) is 11.3 Å². The van der Waals surface area contributed by atoms with Crippen molar-refractivity contribution >= 4 is 5.97 Å². The van der Waals surface area contributed by atoms with Crippen molar-refractivity contribution in [3.8, 4) is 17.9 Å². The summed E-state index contributed by atoms with van der Waals surface area (Å²) < 4.78 is 5.63. The minimum Gasteiger partial charge on any atom is -0.421 e. The highest BCUT2D eigenvalue weighted by atomic mass is 16.5. The van der Waals surface area contributed by atoms with Crippen molar-refractivity contribution in [3.05, 3.63) is 76.9 Å². The van der Waals surface area contributed by atoms with Crippen LogP contribution in [0.25, 0.3) is 0 Å². The monoisotopic (exact) mass is 524 g/mol. The van der Waals surface area contributed by atoms with E-state index in [0.717, 1.165) is 43.6 Å². The summed E-state index contributed by atoms with van der Waals surface area (Å²) in [7, 11) is 0. The summed E-state index contributed by atoms with van der Waals surface area (Å²) in [6.07, 6.45) is 17.3. The largest absolute Gasteiger partial charge is 0.421 e. The van der Waals surface area contributed by atoms with Gasteiger partial charge < -0.3 is 4.74 Å². The van der Waals surface area contributed by atoms with Crippen molar-refractivity contribution in [2.24, 2.45) is 11.8 Å². The van der Waals surface area contributed by atoms with E-state index in [2.05, 4.69) is 32.6 Å². The summed E-state index contributed by atoms with van der Waals surface area (Å²) in [4.78, 5) is 13.0. The van der Waals surface area contributed by atoms with Crippen LogP contribution < -0.4 is 4.74 Å². The molecule has 0 spiro atoms. The maximum absolute atomic E-state index is 13.0. The molecule has 206 valence electrons. The summed E-state index contributed by atoms with van der Waals surface area (Å²) in [5.41, 5.74) is 2.94. The van der Waals surface area contributed by atoms with Gasteiger partial charge in [-0.3, -0.25) is 0 Å². The van der Waals surface area contributed by atoms with Gasteiger partial charge in [0, 0.05) is 0 Å². The fourth-order valence-electron chi connectivity index (χ4n) is 6.09. The van der Waals surface area contributed by atoms with Crippen molar-refractivity contribution in [2.45, 2.75) is 103 Å². The molecule has 1 aliphatic rings. The number of rotatable bonds is 14. The van der Waals surface area contributed by atoms with Gasteiger partial charge in [-0.1, -0.05) is 89.5 Å². The van der Waals surface area contributed by atoms with Crippen molar-refractivity contribution in [1.29, 1.82) is 10.5 Å². The van der Waals surface area contributed by atoms with E-state index >= 15 is 0 Å². The molecular formula is C35H44N2O2. The molecule has 0 saturated heterocycles. The summed E-state index contributed by atoms with van der Waals surface area (Å²) in [5.74, 6) is 1.55. The summed E-state index contributed by atoms with van der Waals surface area (Å²) in [6, 6.07) is 15.4. The molecule has 1 aliphatic carbocycles. The molecule has 1 atom stereocenters. The van der Waals surface area contributed by atoms with Gasteiger partial charge in [0.1, 0.15) is 23.5 Å². The smallest absolute Gasteiger partial charge is 0.343 e. The number of hydrogen-bond acceptors (Lipinski definition) is 4. The van der Waals surface area contributed by atoms with Crippen LogP contribution >= 0.6 is 0 Å². The second-order valence-electron chi connectivity index (χ2n) is 11.1. The van der Waals surface area contributed by atoms with E-state index in [1.165, 1.54) is 56.9 Å². The Kier molecular flexibility index (Phi) is 12.3. The van der Waals surface area contributed by atoms with Crippen LogP contribution in [0.15, 0.2) is 49.1 Å². The Labute approximate surface area is 235 Å². The number of ether oxygens (including phenoxy) is 1. The number of nitrogens with zero attached hydrogens (tertiary/aromatic N) is 2. The first-order chi connectivity index (χ1) is 19.1. The first kappa shape index (κ1) is 30.2. The Bertz CT molecular complexity index is 1160. The number of aryl methyl sites for hydroxylation is 1. The zero-order chi connectivity index (χ0) is 28.0. The Morgan fingerprint density at radius 3 is 2.23 bits per heavy atom. The van der Waals surface area contributed by atoms with Gasteiger partial charge in [0.25, 0.3) is 0 Å². The minimum atomic E-state index is -0.520. The molecule has 2 aromatic rings. The molecule has 1 unspecified atom stereocenters. The molecule has 1 fully saturated rings. The number of esters is 1. The lowest BCUT2D eigenvalue weighted by atomic mass is 9.71. The molecule has 0 aliphatic heterocycles. The zero-order valence-corrected chi connectivity index (χ0v) is 23.9.